The minimum Gasteiger partial charge on any atom is -0.379 e. The van der Waals surface area contributed by atoms with E-state index in [1.54, 1.807) is 73.2 Å². The van der Waals surface area contributed by atoms with Crippen LogP contribution in [0.5, 0.6) is 0 Å². The SMILES string of the molecule is C.CC(C)c1ccc(C#N)cn1.CC(C)c1ccnc(N2CCC(F)C2)n1.CC(C)c1ccnc(NC2CC2)n1.CC(C)c1ccnc(NC2CCCOC2)n1.CC(C)c1ccncn1.CC(C)c1csc(-c2cccnc2)n1.CC(C)c1ncc(C#N)cc1Cl.CC(C)c1ncc(C#N)cc1F.CC(C)c1ncc(C#N)cn1.CC1CCN(c2nc(C(C)C)ccc2C#N)C1. The smallest absolute Gasteiger partial charge is 0.225 e. The monoisotopic (exact) mass is 1820 g/mol. The van der Waals surface area contributed by atoms with Gasteiger partial charge < -0.3 is 25.2 Å². The third-order valence-electron chi connectivity index (χ3n) is 20.1. The summed E-state index contributed by atoms with van der Waals surface area (Å²) in [4.78, 5) is 71.4. The van der Waals surface area contributed by atoms with E-state index in [4.69, 9.17) is 42.6 Å². The van der Waals surface area contributed by atoms with Crippen LogP contribution in [0.15, 0.2) is 153 Å². The van der Waals surface area contributed by atoms with Gasteiger partial charge in [0.2, 0.25) is 17.8 Å². The van der Waals surface area contributed by atoms with Gasteiger partial charge in [0.15, 0.2) is 0 Å². The lowest BCUT2D eigenvalue weighted by atomic mass is 10.1. The molecule has 694 valence electrons. The lowest BCUT2D eigenvalue weighted by molar-refractivity contribution is 0.0874. The van der Waals surface area contributed by atoms with Crippen LogP contribution >= 0.6 is 22.9 Å². The molecule has 3 saturated heterocycles. The Balaban J connectivity index is 0.000000259. The zero-order chi connectivity index (χ0) is 95.4. The number of hydrogen-bond acceptors (Lipinski definition) is 27. The first-order valence-electron chi connectivity index (χ1n) is 44.6. The lowest BCUT2D eigenvalue weighted by Gasteiger charge is -2.23. The fourth-order valence-corrected chi connectivity index (χ4v) is 13.5. The fourth-order valence-electron chi connectivity index (χ4n) is 12.1. The first-order chi connectivity index (χ1) is 62.1. The molecule has 4 fully saturated rings. The van der Waals surface area contributed by atoms with Gasteiger partial charge in [-0.05, 0) is 171 Å². The molecule has 14 heterocycles. The fraction of sp³-hybridized carbons (Fsp3) is 0.475. The van der Waals surface area contributed by atoms with E-state index in [0.29, 0.717) is 123 Å². The van der Waals surface area contributed by atoms with Gasteiger partial charge in [-0.3, -0.25) is 19.9 Å². The van der Waals surface area contributed by atoms with Gasteiger partial charge in [-0.2, -0.15) is 26.3 Å². The van der Waals surface area contributed by atoms with E-state index in [9.17, 15) is 8.78 Å². The summed E-state index contributed by atoms with van der Waals surface area (Å²) < 4.78 is 31.5. The highest BCUT2D eigenvalue weighted by atomic mass is 35.5. The van der Waals surface area contributed by atoms with Crippen LogP contribution in [-0.4, -0.2) is 137 Å². The molecule has 0 bridgehead atoms. The molecule has 0 amide bonds. The van der Waals surface area contributed by atoms with Crippen LogP contribution in [0.4, 0.5) is 32.4 Å². The number of thiazole rings is 1. The average molecular weight is 1820 g/mol. The Morgan fingerprint density at radius 1 is 0.450 bits per heavy atom. The molecule has 3 unspecified atom stereocenters. The predicted octanol–water partition coefficient (Wildman–Crippen LogP) is 23.5. The van der Waals surface area contributed by atoms with Gasteiger partial charge in [0.05, 0.1) is 69.1 Å². The normalized spacial score (nSPS) is 14.5. The first kappa shape index (κ1) is 109. The molecule has 4 aliphatic rings. The number of nitriles is 5. The van der Waals surface area contributed by atoms with Crippen LogP contribution in [0.2, 0.25) is 5.02 Å². The van der Waals surface area contributed by atoms with Crippen molar-refractivity contribution in [2.24, 2.45) is 5.92 Å². The maximum atomic E-state index is 13.1. The largest absolute Gasteiger partial charge is 0.379 e. The van der Waals surface area contributed by atoms with Gasteiger partial charge >= 0.3 is 0 Å². The average Bonchev–Trinajstić information content (AvgIpc) is 1.75. The van der Waals surface area contributed by atoms with Gasteiger partial charge in [-0.15, -0.1) is 11.3 Å². The van der Waals surface area contributed by atoms with Crippen molar-refractivity contribution in [2.75, 3.05) is 59.8 Å². The molecule has 0 radical (unpaired) electrons. The molecular weight excluding hydrogens is 1680 g/mol. The number of ether oxygens (including phenoxy) is 1. The zero-order valence-corrected chi connectivity index (χ0v) is 80.8. The Labute approximate surface area is 785 Å². The standard InChI is InChI=1S/C14H19N3.C12H19N3O.C11H16FN3.C11H12N2S.C10H15N3.C9H9ClN2.C9H9FN2.C9H10N2.C8H9N3.C7H10N2.CH4/c1-10(2)13-5-4-12(8-15)14(16-13)17-7-6-11(3)9-17;1-9(2)11-5-6-13-12(15-11)14-10-4-3-7-16-8-10;1-8(2)10-3-5-13-11(14-10)15-6-4-9(12)7-15;1-8(2)10-7-14-11(13-10)9-4-3-5-12-6-9;1-7(2)9-5-6-11-10(13-9)12-8-3-4-8;2*1-6(2)9-8(10)3-7(4-11)5-12-9;1-7(2)9-4-3-8(5-10)6-11-9;1-6(2)8-10-4-7(3-9)5-11-8;1-6(2)7-3-4-8-5-9-7;/h4-5,10-11H,6-7,9H2,1-3H3;5-6,9-10H,3-4,7-8H2,1-2H3,(H,13,14,15);3,5,8-9H,4,6-7H2,1-2H3;3-8H,1-2H3;5-8H,3-4H2,1-2H3,(H,11,12,13);2*3,5-6H,1-2H3;3-4,6-7H,1-2H3;4-6H,1-2H3;3-6H,1-2H3;1H4. The highest BCUT2D eigenvalue weighted by molar-refractivity contribution is 7.13. The number of halogens is 3. The number of hydrogen-bond donors (Lipinski definition) is 2. The number of anilines is 4. The number of pyridine rings is 5. The number of nitrogens with zero attached hydrogens (tertiary/aromatic N) is 23. The van der Waals surface area contributed by atoms with Crippen molar-refractivity contribution < 1.29 is 13.5 Å². The van der Waals surface area contributed by atoms with Gasteiger partial charge in [-0.1, -0.05) is 164 Å². The van der Waals surface area contributed by atoms with E-state index in [-0.39, 0.29) is 18.9 Å². The van der Waals surface area contributed by atoms with Crippen LogP contribution in [-0.2, 0) is 4.74 Å². The lowest BCUT2D eigenvalue weighted by Crippen LogP contribution is -2.30. The van der Waals surface area contributed by atoms with Gasteiger partial charge in [0.1, 0.15) is 65.3 Å². The van der Waals surface area contributed by atoms with Crippen LogP contribution in [0.25, 0.3) is 10.6 Å². The molecule has 0 aromatic carbocycles. The van der Waals surface area contributed by atoms with Crippen LogP contribution in [0.1, 0.15) is 335 Å². The first-order valence-corrected chi connectivity index (χ1v) is 45.9. The summed E-state index contributed by atoms with van der Waals surface area (Å²) in [6, 6.07) is 33.2. The summed E-state index contributed by atoms with van der Waals surface area (Å²) in [7, 11) is 0. The minimum absolute atomic E-state index is 0. The highest BCUT2D eigenvalue weighted by Crippen LogP contribution is 2.31. The van der Waals surface area contributed by atoms with Crippen molar-refractivity contribution in [1.29, 1.82) is 26.3 Å². The molecule has 11 aromatic heterocycles. The summed E-state index contributed by atoms with van der Waals surface area (Å²) in [5.41, 5.74) is 12.5. The van der Waals surface area contributed by atoms with Crippen molar-refractivity contribution in [2.45, 2.75) is 269 Å². The van der Waals surface area contributed by atoms with Crippen molar-refractivity contribution in [1.82, 2.24) is 79.7 Å². The van der Waals surface area contributed by atoms with Crippen LogP contribution in [0, 0.1) is 68.4 Å². The van der Waals surface area contributed by atoms with Crippen molar-refractivity contribution in [3.8, 4) is 40.9 Å². The molecule has 1 aliphatic carbocycles. The molecule has 26 nitrogen and oxygen atoms in total. The minimum atomic E-state index is -0.726. The van der Waals surface area contributed by atoms with E-state index in [0.717, 1.165) is 125 Å². The molecule has 0 spiro atoms. The molecule has 1 saturated carbocycles. The van der Waals surface area contributed by atoms with Gasteiger partial charge in [0, 0.05) is 151 Å². The van der Waals surface area contributed by atoms with E-state index < -0.39 is 12.0 Å². The van der Waals surface area contributed by atoms with Gasteiger partial charge in [-0.25, -0.2) is 68.6 Å². The van der Waals surface area contributed by atoms with Gasteiger partial charge in [0.25, 0.3) is 0 Å². The molecule has 30 heteroatoms. The van der Waals surface area contributed by atoms with E-state index >= 15 is 0 Å². The maximum absolute atomic E-state index is 13.1. The number of aromatic nitrogens is 16. The summed E-state index contributed by atoms with van der Waals surface area (Å²) >= 11 is 7.57. The Bertz CT molecular complexity index is 5260. The Kier molecular flexibility index (Phi) is 47.9. The highest BCUT2D eigenvalue weighted by Gasteiger charge is 2.26. The number of rotatable bonds is 17. The van der Waals surface area contributed by atoms with Crippen molar-refractivity contribution >= 4 is 46.6 Å². The molecule has 2 N–H and O–H groups in total. The second-order valence-electron chi connectivity index (χ2n) is 34.7. The van der Waals surface area contributed by atoms with E-state index in [1.807, 2.05) is 144 Å². The molecule has 11 aromatic rings. The molecular formula is C101H132ClF2N25OS. The van der Waals surface area contributed by atoms with E-state index in [1.165, 1.54) is 31.5 Å². The summed E-state index contributed by atoms with van der Waals surface area (Å²) in [6.07, 6.45) is 25.8. The van der Waals surface area contributed by atoms with E-state index in [2.05, 4.69) is 211 Å². The molecule has 131 heavy (non-hydrogen) atoms. The molecule has 3 aliphatic heterocycles. The molecule has 15 rings (SSSR count). The third kappa shape index (κ3) is 39.0. The van der Waals surface area contributed by atoms with Crippen molar-refractivity contribution in [3.63, 3.8) is 0 Å². The topological polar surface area (TPSA) is 365 Å². The summed E-state index contributed by atoms with van der Waals surface area (Å²) in [5.74, 6) is 7.95. The van der Waals surface area contributed by atoms with Crippen LogP contribution < -0.4 is 20.4 Å². The quantitative estimate of drug-likeness (QED) is 0.0855. The van der Waals surface area contributed by atoms with Crippen LogP contribution in [0.3, 0.4) is 0 Å². The second kappa shape index (κ2) is 57.6. The molecule has 3 atom stereocenters. The summed E-state index contributed by atoms with van der Waals surface area (Å²) in [5, 5.41) is 53.4. The maximum Gasteiger partial charge on any atom is 0.225 e. The number of nitrogens with one attached hydrogen (secondary N) is 2. The zero-order valence-electron chi connectivity index (χ0n) is 79.2. The van der Waals surface area contributed by atoms with Crippen molar-refractivity contribution in [3.05, 3.63) is 248 Å². The predicted molar refractivity (Wildman–Crippen MR) is 520 cm³/mol. The third-order valence-corrected chi connectivity index (χ3v) is 21.3. The number of alkyl halides is 1. The second-order valence-corrected chi connectivity index (χ2v) is 36.0. The summed E-state index contributed by atoms with van der Waals surface area (Å²) in [6.45, 7) is 48.5. The Morgan fingerprint density at radius 3 is 1.41 bits per heavy atom. The Hall–Kier alpha value is -12.5. The Morgan fingerprint density at radius 2 is 0.969 bits per heavy atom.